The summed E-state index contributed by atoms with van der Waals surface area (Å²) in [6.45, 7) is 5.10. The molecule has 158 valence electrons. The summed E-state index contributed by atoms with van der Waals surface area (Å²) in [6.07, 6.45) is 0. The van der Waals surface area contributed by atoms with Gasteiger partial charge in [0.25, 0.3) is 0 Å². The van der Waals surface area contributed by atoms with Gasteiger partial charge in [-0.25, -0.2) is 23.3 Å². The molecule has 4 aromatic rings. The predicted octanol–water partition coefficient (Wildman–Crippen LogP) is 3.34. The zero-order valence-corrected chi connectivity index (χ0v) is 17.3. The second-order valence-corrected chi connectivity index (χ2v) is 7.36. The molecular formula is C22H21FN6O2. The van der Waals surface area contributed by atoms with Crippen molar-refractivity contribution >= 4 is 28.9 Å². The second kappa shape index (κ2) is 8.02. The third-order valence-electron chi connectivity index (χ3n) is 4.71. The highest BCUT2D eigenvalue weighted by Gasteiger charge is 2.16. The minimum Gasteiger partial charge on any atom is -0.325 e. The van der Waals surface area contributed by atoms with E-state index in [1.165, 1.54) is 10.5 Å². The summed E-state index contributed by atoms with van der Waals surface area (Å²) in [7, 11) is 0. The van der Waals surface area contributed by atoms with Crippen LogP contribution in [-0.2, 0) is 11.3 Å². The number of carbonyl (C=O) groups is 1. The van der Waals surface area contributed by atoms with Crippen LogP contribution < -0.4 is 16.3 Å². The Hall–Kier alpha value is -4.01. The number of aromatic nitrogens is 4. The average molecular weight is 420 g/mol. The number of hydrogen-bond donors (Lipinski definition) is 2. The van der Waals surface area contributed by atoms with E-state index in [-0.39, 0.29) is 24.2 Å². The minimum atomic E-state index is -0.511. The number of nitrogens with one attached hydrogen (secondary N) is 2. The molecule has 0 radical (unpaired) electrons. The van der Waals surface area contributed by atoms with Crippen LogP contribution in [0.1, 0.15) is 16.8 Å². The number of carbonyl (C=O) groups excluding carboxylic acids is 1. The smallest absolute Gasteiger partial charge is 0.325 e. The van der Waals surface area contributed by atoms with Gasteiger partial charge in [0.15, 0.2) is 5.65 Å². The maximum Gasteiger partial charge on any atom is 0.353 e. The zero-order chi connectivity index (χ0) is 22.1. The maximum atomic E-state index is 13.6. The molecule has 0 spiro atoms. The maximum absolute atomic E-state index is 13.6. The van der Waals surface area contributed by atoms with Crippen LogP contribution in [0.5, 0.6) is 0 Å². The molecule has 0 saturated carbocycles. The topological polar surface area (TPSA) is 93.3 Å². The van der Waals surface area contributed by atoms with Crippen LogP contribution in [0.4, 0.5) is 21.7 Å². The highest BCUT2D eigenvalue weighted by Crippen LogP contribution is 2.19. The van der Waals surface area contributed by atoms with Crippen molar-refractivity contribution in [1.29, 1.82) is 0 Å². The summed E-state index contributed by atoms with van der Waals surface area (Å²) >= 11 is 0. The molecule has 2 aromatic carbocycles. The van der Waals surface area contributed by atoms with Gasteiger partial charge in [-0.05, 0) is 62.2 Å². The van der Waals surface area contributed by atoms with E-state index in [2.05, 4.69) is 20.7 Å². The van der Waals surface area contributed by atoms with Crippen LogP contribution in [0.2, 0.25) is 0 Å². The Kier molecular flexibility index (Phi) is 5.24. The molecule has 0 atom stereocenters. The van der Waals surface area contributed by atoms with Gasteiger partial charge in [0, 0.05) is 23.1 Å². The van der Waals surface area contributed by atoms with Gasteiger partial charge in [-0.2, -0.15) is 0 Å². The van der Waals surface area contributed by atoms with E-state index >= 15 is 0 Å². The number of amides is 1. The summed E-state index contributed by atoms with van der Waals surface area (Å²) in [5.41, 5.74) is 3.17. The molecule has 0 aliphatic rings. The van der Waals surface area contributed by atoms with Gasteiger partial charge in [0.05, 0.1) is 0 Å². The third-order valence-corrected chi connectivity index (χ3v) is 4.71. The fraction of sp³-hybridized carbons (Fsp3) is 0.182. The number of halogens is 1. The van der Waals surface area contributed by atoms with Gasteiger partial charge in [-0.3, -0.25) is 4.79 Å². The Morgan fingerprint density at radius 3 is 2.61 bits per heavy atom. The number of fused-ring (bicyclic) bond motifs is 1. The number of rotatable bonds is 5. The lowest BCUT2D eigenvalue weighted by Gasteiger charge is -2.09. The van der Waals surface area contributed by atoms with Gasteiger partial charge in [0.1, 0.15) is 12.4 Å². The van der Waals surface area contributed by atoms with Crippen molar-refractivity contribution in [2.24, 2.45) is 0 Å². The first-order valence-electron chi connectivity index (χ1n) is 9.67. The lowest BCUT2D eigenvalue weighted by Crippen LogP contribution is -2.29. The summed E-state index contributed by atoms with van der Waals surface area (Å²) in [6, 6.07) is 13.5. The molecule has 1 amide bonds. The Morgan fingerprint density at radius 2 is 1.87 bits per heavy atom. The number of benzene rings is 2. The van der Waals surface area contributed by atoms with Crippen molar-refractivity contribution in [1.82, 2.24) is 19.2 Å². The van der Waals surface area contributed by atoms with Gasteiger partial charge < -0.3 is 10.6 Å². The second-order valence-electron chi connectivity index (χ2n) is 7.36. The monoisotopic (exact) mass is 420 g/mol. The Labute approximate surface area is 177 Å². The largest absolute Gasteiger partial charge is 0.353 e. The molecular weight excluding hydrogens is 399 g/mol. The van der Waals surface area contributed by atoms with Crippen LogP contribution in [0.25, 0.3) is 5.65 Å². The summed E-state index contributed by atoms with van der Waals surface area (Å²) in [5, 5.41) is 10.1. The van der Waals surface area contributed by atoms with Gasteiger partial charge in [0.2, 0.25) is 11.9 Å². The van der Waals surface area contributed by atoms with Crippen molar-refractivity contribution in [3.05, 3.63) is 81.7 Å². The van der Waals surface area contributed by atoms with Crippen LogP contribution in [0, 0.1) is 26.6 Å². The molecule has 0 fully saturated rings. The summed E-state index contributed by atoms with van der Waals surface area (Å²) in [4.78, 5) is 29.8. The van der Waals surface area contributed by atoms with Crippen molar-refractivity contribution in [3.63, 3.8) is 0 Å². The van der Waals surface area contributed by atoms with Gasteiger partial charge in [-0.1, -0.05) is 12.1 Å². The molecule has 2 aromatic heterocycles. The van der Waals surface area contributed by atoms with E-state index in [0.29, 0.717) is 28.3 Å². The number of anilines is 3. The number of aryl methyl sites for hydroxylation is 3. The van der Waals surface area contributed by atoms with Crippen LogP contribution >= 0.6 is 0 Å². The van der Waals surface area contributed by atoms with Crippen molar-refractivity contribution < 1.29 is 9.18 Å². The molecule has 0 aliphatic carbocycles. The first kappa shape index (κ1) is 20.3. The first-order chi connectivity index (χ1) is 14.8. The summed E-state index contributed by atoms with van der Waals surface area (Å²) in [5.74, 6) is -0.460. The molecule has 2 heterocycles. The van der Waals surface area contributed by atoms with E-state index in [1.54, 1.807) is 38.1 Å². The van der Waals surface area contributed by atoms with E-state index in [4.69, 9.17) is 0 Å². The minimum absolute atomic E-state index is 0.233. The lowest BCUT2D eigenvalue weighted by molar-refractivity contribution is -0.117. The Bertz CT molecular complexity index is 1360. The Balaban J connectivity index is 1.65. The third kappa shape index (κ3) is 4.30. The standard InChI is InChI=1S/C22H21FN6O2/c1-13-5-4-6-16(9-13)25-20(30)12-28-22(31)29-19(27-28)11-15(3)24-21(29)26-17-7-8-18(23)14(2)10-17/h4-11H,12H2,1-3H3,(H,24,26)(H,25,30). The normalized spacial score (nSPS) is 11.0. The van der Waals surface area contributed by atoms with Crippen LogP contribution in [0.15, 0.2) is 53.3 Å². The molecule has 0 bridgehead atoms. The Morgan fingerprint density at radius 1 is 1.06 bits per heavy atom. The van der Waals surface area contributed by atoms with Gasteiger partial charge >= 0.3 is 5.69 Å². The van der Waals surface area contributed by atoms with E-state index in [9.17, 15) is 14.0 Å². The van der Waals surface area contributed by atoms with E-state index in [0.717, 1.165) is 10.2 Å². The lowest BCUT2D eigenvalue weighted by atomic mass is 10.2. The average Bonchev–Trinajstić information content (AvgIpc) is 2.99. The van der Waals surface area contributed by atoms with Gasteiger partial charge in [-0.15, -0.1) is 5.10 Å². The predicted molar refractivity (Wildman–Crippen MR) is 116 cm³/mol. The molecule has 0 saturated heterocycles. The van der Waals surface area contributed by atoms with Crippen molar-refractivity contribution in [2.45, 2.75) is 27.3 Å². The first-order valence-corrected chi connectivity index (χ1v) is 9.67. The fourth-order valence-corrected chi connectivity index (χ4v) is 3.25. The number of hydrogen-bond acceptors (Lipinski definition) is 5. The van der Waals surface area contributed by atoms with E-state index < -0.39 is 5.69 Å². The fourth-order valence-electron chi connectivity index (χ4n) is 3.25. The van der Waals surface area contributed by atoms with E-state index in [1.807, 2.05) is 25.1 Å². The molecule has 8 nitrogen and oxygen atoms in total. The molecule has 9 heteroatoms. The van der Waals surface area contributed by atoms with Crippen LogP contribution in [-0.4, -0.2) is 25.1 Å². The zero-order valence-electron chi connectivity index (χ0n) is 17.3. The van der Waals surface area contributed by atoms with Crippen LogP contribution in [0.3, 0.4) is 0 Å². The molecule has 0 unspecified atom stereocenters. The molecule has 31 heavy (non-hydrogen) atoms. The van der Waals surface area contributed by atoms with Crippen molar-refractivity contribution in [3.8, 4) is 0 Å². The SMILES string of the molecule is Cc1cccc(NC(=O)Cn2nc3cc(C)nc(Nc4ccc(F)c(C)c4)n3c2=O)c1. The highest BCUT2D eigenvalue weighted by molar-refractivity contribution is 5.90. The number of nitrogens with zero attached hydrogens (tertiary/aromatic N) is 4. The van der Waals surface area contributed by atoms with Crippen molar-refractivity contribution in [2.75, 3.05) is 10.6 Å². The molecule has 4 rings (SSSR count). The highest BCUT2D eigenvalue weighted by atomic mass is 19.1. The molecule has 0 aliphatic heterocycles. The molecule has 2 N–H and O–H groups in total. The summed E-state index contributed by atoms with van der Waals surface area (Å²) < 4.78 is 15.9. The quantitative estimate of drug-likeness (QED) is 0.517.